The Balaban J connectivity index is 1.55. The first-order valence-electron chi connectivity index (χ1n) is 7.75. The smallest absolute Gasteiger partial charge is 0.279 e. The van der Waals surface area contributed by atoms with E-state index in [0.29, 0.717) is 18.0 Å². The topological polar surface area (TPSA) is 95.1 Å². The van der Waals surface area contributed by atoms with Gasteiger partial charge in [0.1, 0.15) is 6.54 Å². The van der Waals surface area contributed by atoms with Crippen LogP contribution in [0.5, 0.6) is 11.5 Å². The second kappa shape index (κ2) is 7.18. The Morgan fingerprint density at radius 3 is 2.84 bits per heavy atom. The van der Waals surface area contributed by atoms with Crippen LogP contribution in [0.1, 0.15) is 5.56 Å². The molecule has 2 aromatic carbocycles. The first-order chi connectivity index (χ1) is 12.0. The number of benzene rings is 2. The van der Waals surface area contributed by atoms with Gasteiger partial charge in [0.05, 0.1) is 12.0 Å². The van der Waals surface area contributed by atoms with E-state index in [1.807, 2.05) is 25.2 Å². The minimum Gasteiger partial charge on any atom is -0.454 e. The molecule has 1 amide bonds. The number of anilines is 1. The van der Waals surface area contributed by atoms with Crippen molar-refractivity contribution in [2.24, 2.45) is 0 Å². The third-order valence-electron chi connectivity index (χ3n) is 3.75. The largest absolute Gasteiger partial charge is 0.454 e. The molecule has 2 aromatic rings. The fourth-order valence-corrected chi connectivity index (χ4v) is 2.64. The number of nitro groups is 1. The molecule has 3 rings (SSSR count). The first kappa shape index (κ1) is 16.7. The zero-order valence-electron chi connectivity index (χ0n) is 13.7. The summed E-state index contributed by atoms with van der Waals surface area (Å²) in [6.45, 7) is 1.10. The molecule has 0 radical (unpaired) electrons. The fourth-order valence-electron chi connectivity index (χ4n) is 2.64. The predicted octanol–water partition coefficient (Wildman–Crippen LogP) is 0.977. The molecule has 1 heterocycles. The lowest BCUT2D eigenvalue weighted by molar-refractivity contribution is -0.885. The third-order valence-corrected chi connectivity index (χ3v) is 3.75. The number of nitrogens with zero attached hydrogens (tertiary/aromatic N) is 1. The van der Waals surface area contributed by atoms with Crippen LogP contribution in [-0.2, 0) is 11.3 Å². The van der Waals surface area contributed by atoms with Gasteiger partial charge in [-0.25, -0.2) is 0 Å². The minimum absolute atomic E-state index is 0.0566. The number of hydrogen-bond donors (Lipinski definition) is 2. The lowest BCUT2D eigenvalue weighted by atomic mass is 10.2. The van der Waals surface area contributed by atoms with E-state index in [1.54, 1.807) is 6.07 Å². The van der Waals surface area contributed by atoms with Crippen molar-refractivity contribution in [2.45, 2.75) is 6.54 Å². The van der Waals surface area contributed by atoms with Crippen LogP contribution in [0.2, 0.25) is 0 Å². The van der Waals surface area contributed by atoms with Crippen molar-refractivity contribution in [3.63, 3.8) is 0 Å². The lowest BCUT2D eigenvalue weighted by Gasteiger charge is -2.14. The van der Waals surface area contributed by atoms with Crippen LogP contribution < -0.4 is 19.7 Å². The number of hydrogen-bond acceptors (Lipinski definition) is 5. The molecule has 0 bridgehead atoms. The van der Waals surface area contributed by atoms with E-state index in [2.05, 4.69) is 5.32 Å². The van der Waals surface area contributed by atoms with Crippen molar-refractivity contribution < 1.29 is 24.1 Å². The van der Waals surface area contributed by atoms with Crippen LogP contribution >= 0.6 is 0 Å². The van der Waals surface area contributed by atoms with Crippen molar-refractivity contribution in [1.29, 1.82) is 0 Å². The predicted molar refractivity (Wildman–Crippen MR) is 89.7 cm³/mol. The number of quaternary nitrogens is 1. The Morgan fingerprint density at radius 2 is 2.04 bits per heavy atom. The Morgan fingerprint density at radius 1 is 1.24 bits per heavy atom. The molecule has 130 valence electrons. The molecule has 0 saturated heterocycles. The summed E-state index contributed by atoms with van der Waals surface area (Å²) in [7, 11) is 1.90. The van der Waals surface area contributed by atoms with Gasteiger partial charge in [0.15, 0.2) is 18.0 Å². The average Bonchev–Trinajstić information content (AvgIpc) is 3.02. The molecule has 0 saturated carbocycles. The summed E-state index contributed by atoms with van der Waals surface area (Å²) in [6, 6.07) is 11.6. The van der Waals surface area contributed by atoms with E-state index in [4.69, 9.17) is 9.47 Å². The average molecular weight is 344 g/mol. The van der Waals surface area contributed by atoms with E-state index in [1.165, 1.54) is 18.2 Å². The van der Waals surface area contributed by atoms with Gasteiger partial charge in [-0.05, 0) is 24.3 Å². The van der Waals surface area contributed by atoms with Gasteiger partial charge in [-0.1, -0.05) is 6.07 Å². The second-order valence-corrected chi connectivity index (χ2v) is 5.85. The van der Waals surface area contributed by atoms with E-state index in [-0.39, 0.29) is 24.9 Å². The van der Waals surface area contributed by atoms with Crippen LogP contribution in [0.15, 0.2) is 42.5 Å². The Labute approximate surface area is 144 Å². The third kappa shape index (κ3) is 4.24. The van der Waals surface area contributed by atoms with Crippen molar-refractivity contribution in [1.82, 2.24) is 0 Å². The van der Waals surface area contributed by atoms with Crippen LogP contribution in [0, 0.1) is 10.1 Å². The number of nitrogens with one attached hydrogen (secondary N) is 2. The Bertz CT molecular complexity index is 809. The number of non-ortho nitro benzene ring substituents is 1. The SMILES string of the molecule is C[NH+](CC(=O)Nc1cccc([N+](=O)[O-])c1)Cc1ccc2c(c1)OCO2. The van der Waals surface area contributed by atoms with Crippen LogP contribution in [0.3, 0.4) is 0 Å². The van der Waals surface area contributed by atoms with Gasteiger partial charge >= 0.3 is 0 Å². The quantitative estimate of drug-likeness (QED) is 0.602. The van der Waals surface area contributed by atoms with E-state index < -0.39 is 4.92 Å². The number of amides is 1. The molecule has 0 aromatic heterocycles. The van der Waals surface area contributed by atoms with Gasteiger partial charge in [0.25, 0.3) is 11.6 Å². The molecule has 1 atom stereocenters. The van der Waals surface area contributed by atoms with Crippen molar-refractivity contribution in [2.75, 3.05) is 25.7 Å². The van der Waals surface area contributed by atoms with Crippen molar-refractivity contribution in [3.8, 4) is 11.5 Å². The molecule has 2 N–H and O–H groups in total. The summed E-state index contributed by atoms with van der Waals surface area (Å²) >= 11 is 0. The highest BCUT2D eigenvalue weighted by atomic mass is 16.7. The number of fused-ring (bicyclic) bond motifs is 1. The number of ether oxygens (including phenoxy) is 2. The summed E-state index contributed by atoms with van der Waals surface area (Å²) in [5, 5.41) is 13.5. The molecule has 0 fully saturated rings. The highest BCUT2D eigenvalue weighted by molar-refractivity contribution is 5.91. The summed E-state index contributed by atoms with van der Waals surface area (Å²) in [5.41, 5.74) is 1.39. The first-order valence-corrected chi connectivity index (χ1v) is 7.75. The highest BCUT2D eigenvalue weighted by Crippen LogP contribution is 2.32. The van der Waals surface area contributed by atoms with Crippen LogP contribution in [-0.4, -0.2) is 31.2 Å². The maximum atomic E-state index is 12.1. The maximum Gasteiger partial charge on any atom is 0.279 e. The molecule has 1 aliphatic heterocycles. The maximum absolute atomic E-state index is 12.1. The van der Waals surface area contributed by atoms with E-state index in [9.17, 15) is 14.9 Å². The Hall–Kier alpha value is -3.13. The van der Waals surface area contributed by atoms with Gasteiger partial charge in [0.2, 0.25) is 6.79 Å². The number of nitro benzene ring substituents is 1. The molecule has 1 aliphatic rings. The number of carbonyl (C=O) groups is 1. The molecule has 1 unspecified atom stereocenters. The Kier molecular flexibility index (Phi) is 4.80. The monoisotopic (exact) mass is 344 g/mol. The summed E-state index contributed by atoms with van der Waals surface area (Å²) < 4.78 is 10.6. The number of rotatable bonds is 6. The van der Waals surface area contributed by atoms with Crippen molar-refractivity contribution in [3.05, 3.63) is 58.1 Å². The minimum atomic E-state index is -0.493. The van der Waals surface area contributed by atoms with Gasteiger partial charge in [-0.15, -0.1) is 0 Å². The summed E-state index contributed by atoms with van der Waals surface area (Å²) in [4.78, 5) is 23.4. The molecular weight excluding hydrogens is 326 g/mol. The molecular formula is C17H18N3O5+. The van der Waals surface area contributed by atoms with E-state index in [0.717, 1.165) is 16.2 Å². The van der Waals surface area contributed by atoms with Gasteiger partial charge in [-0.2, -0.15) is 0 Å². The normalized spacial score (nSPS) is 13.3. The molecule has 8 heteroatoms. The summed E-state index contributed by atoms with van der Waals surface area (Å²) in [5.74, 6) is 1.23. The molecule has 25 heavy (non-hydrogen) atoms. The van der Waals surface area contributed by atoms with Gasteiger partial charge < -0.3 is 19.7 Å². The lowest BCUT2D eigenvalue weighted by Crippen LogP contribution is -3.08. The number of likely N-dealkylation sites (N-methyl/N-ethyl adjacent to an activating group) is 1. The highest BCUT2D eigenvalue weighted by Gasteiger charge is 2.16. The van der Waals surface area contributed by atoms with Gasteiger partial charge in [-0.3, -0.25) is 14.9 Å². The van der Waals surface area contributed by atoms with Crippen LogP contribution in [0.25, 0.3) is 0 Å². The molecule has 0 aliphatic carbocycles. The second-order valence-electron chi connectivity index (χ2n) is 5.85. The summed E-state index contributed by atoms with van der Waals surface area (Å²) in [6.07, 6.45) is 0. The zero-order valence-corrected chi connectivity index (χ0v) is 13.7. The fraction of sp³-hybridized carbons (Fsp3) is 0.235. The van der Waals surface area contributed by atoms with Crippen LogP contribution in [0.4, 0.5) is 11.4 Å². The number of carbonyl (C=O) groups excluding carboxylic acids is 1. The van der Waals surface area contributed by atoms with Gasteiger partial charge in [0, 0.05) is 23.4 Å². The van der Waals surface area contributed by atoms with Crippen molar-refractivity contribution >= 4 is 17.3 Å². The molecule has 8 nitrogen and oxygen atoms in total. The molecule has 0 spiro atoms. The standard InChI is InChI=1S/C17H17N3O5/c1-19(9-12-5-6-15-16(7-12)25-11-24-15)10-17(21)18-13-3-2-4-14(8-13)20(22)23/h2-8H,9-11H2,1H3,(H,18,21)/p+1. The zero-order chi connectivity index (χ0) is 17.8. The van der Waals surface area contributed by atoms with E-state index >= 15 is 0 Å².